The molecule has 1 fully saturated rings. The molecular formula is C22H26F2N2O4S. The van der Waals surface area contributed by atoms with Crippen LogP contribution in [0.15, 0.2) is 54.6 Å². The Hall–Kier alpha value is -2.20. The minimum atomic E-state index is -2.71. The number of benzene rings is 2. The molecule has 0 aliphatic carbocycles. The molecule has 0 aromatic heterocycles. The van der Waals surface area contributed by atoms with Crippen molar-refractivity contribution in [1.29, 1.82) is 0 Å². The van der Waals surface area contributed by atoms with Gasteiger partial charge in [-0.25, -0.2) is 17.8 Å². The van der Waals surface area contributed by atoms with Crippen LogP contribution in [0.3, 0.4) is 0 Å². The number of nitrogens with zero attached hydrogens (tertiary/aromatic N) is 2. The Morgan fingerprint density at radius 2 is 1.90 bits per heavy atom. The van der Waals surface area contributed by atoms with E-state index in [1.807, 2.05) is 30.3 Å². The second-order valence-corrected chi connectivity index (χ2v) is 8.55. The zero-order chi connectivity index (χ0) is 22.4. The average Bonchev–Trinajstić information content (AvgIpc) is 3.13. The van der Waals surface area contributed by atoms with E-state index in [0.717, 1.165) is 11.1 Å². The fourth-order valence-electron chi connectivity index (χ4n) is 3.81. The van der Waals surface area contributed by atoms with Gasteiger partial charge in [0.2, 0.25) is 11.3 Å². The highest BCUT2D eigenvalue weighted by molar-refractivity contribution is 7.76. The third-order valence-corrected chi connectivity index (χ3v) is 6.18. The summed E-state index contributed by atoms with van der Waals surface area (Å²) < 4.78 is 55.4. The fraction of sp³-hybridized carbons (Fsp3) is 0.409. The molecule has 9 heteroatoms. The summed E-state index contributed by atoms with van der Waals surface area (Å²) in [4.78, 5) is 13.3. The Balaban J connectivity index is 1.70. The smallest absolute Gasteiger partial charge is 0.337 e. The summed E-state index contributed by atoms with van der Waals surface area (Å²) in [5.74, 6) is -3.17. The van der Waals surface area contributed by atoms with E-state index >= 15 is 0 Å². The summed E-state index contributed by atoms with van der Waals surface area (Å²) in [6.45, 7) is 0.388. The van der Waals surface area contributed by atoms with Crippen LogP contribution in [0.1, 0.15) is 40.4 Å². The van der Waals surface area contributed by atoms with Gasteiger partial charge in [0, 0.05) is 32.1 Å². The van der Waals surface area contributed by atoms with E-state index < -0.39 is 23.2 Å². The molecule has 1 aliphatic heterocycles. The maximum Gasteiger partial charge on any atom is 0.337 e. The highest BCUT2D eigenvalue weighted by atomic mass is 32.2. The minimum absolute atomic E-state index is 0.182. The number of methoxy groups -OCH3 is 1. The van der Waals surface area contributed by atoms with Crippen molar-refractivity contribution in [3.05, 3.63) is 71.3 Å². The number of halogens is 2. The molecule has 31 heavy (non-hydrogen) atoms. The number of hydrogen-bond donors (Lipinski definition) is 1. The molecule has 2 aromatic carbocycles. The molecular weight excluding hydrogens is 426 g/mol. The average molecular weight is 453 g/mol. The van der Waals surface area contributed by atoms with Crippen molar-refractivity contribution < 1.29 is 27.1 Å². The van der Waals surface area contributed by atoms with Gasteiger partial charge in [0.25, 0.3) is 5.92 Å². The van der Waals surface area contributed by atoms with Gasteiger partial charge in [-0.1, -0.05) is 42.5 Å². The van der Waals surface area contributed by atoms with Crippen molar-refractivity contribution in [3.8, 4) is 0 Å². The van der Waals surface area contributed by atoms with Crippen LogP contribution in [0.5, 0.6) is 0 Å². The lowest BCUT2D eigenvalue weighted by Gasteiger charge is -2.30. The van der Waals surface area contributed by atoms with Gasteiger partial charge in [-0.2, -0.15) is 4.31 Å². The van der Waals surface area contributed by atoms with E-state index in [0.29, 0.717) is 12.0 Å². The summed E-state index contributed by atoms with van der Waals surface area (Å²) in [5, 5.41) is 0. The first-order chi connectivity index (χ1) is 14.8. The Labute approximate surface area is 183 Å². The number of rotatable bonds is 9. The first kappa shape index (κ1) is 23.5. The molecule has 0 saturated carbocycles. The predicted molar refractivity (Wildman–Crippen MR) is 114 cm³/mol. The summed E-state index contributed by atoms with van der Waals surface area (Å²) in [5.41, 5.74) is 2.05. The second-order valence-electron chi connectivity index (χ2n) is 7.57. The number of alkyl halides is 2. The highest BCUT2D eigenvalue weighted by Gasteiger charge is 2.41. The lowest BCUT2D eigenvalue weighted by molar-refractivity contribution is 0.00672. The van der Waals surface area contributed by atoms with Crippen molar-refractivity contribution >= 4 is 17.2 Å². The van der Waals surface area contributed by atoms with E-state index in [-0.39, 0.29) is 38.6 Å². The van der Waals surface area contributed by atoms with Gasteiger partial charge in [-0.3, -0.25) is 9.45 Å². The van der Waals surface area contributed by atoms with Crippen LogP contribution in [0.4, 0.5) is 8.78 Å². The van der Waals surface area contributed by atoms with E-state index in [1.165, 1.54) is 11.4 Å². The lowest BCUT2D eigenvalue weighted by atomic mass is 10.0. The standard InChI is InChI=1S/C22H26F2N2O4S/c1-30-21(27)19-9-7-17(8-10-19)15-26(31(28)29)13-11-20(18-5-3-2-4-6-18)25-14-12-22(23,24)16-25/h2-10,20H,11-16H2,1H3,(H,28,29). The molecule has 2 unspecified atom stereocenters. The quantitative estimate of drug-likeness (QED) is 0.462. The highest BCUT2D eigenvalue weighted by Crippen LogP contribution is 2.35. The largest absolute Gasteiger partial charge is 0.465 e. The molecule has 2 atom stereocenters. The van der Waals surface area contributed by atoms with Gasteiger partial charge in [0.15, 0.2) is 0 Å². The molecule has 0 spiro atoms. The SMILES string of the molecule is COC(=O)c1ccc(CN(CCC(c2ccccc2)N2CCC(F)(F)C2)S(=O)O)cc1. The molecule has 3 rings (SSSR count). The van der Waals surface area contributed by atoms with Crippen molar-refractivity contribution in [1.82, 2.24) is 9.21 Å². The number of carbonyl (C=O) groups is 1. The van der Waals surface area contributed by atoms with Crippen LogP contribution in [-0.4, -0.2) is 56.6 Å². The van der Waals surface area contributed by atoms with E-state index in [9.17, 15) is 22.3 Å². The minimum Gasteiger partial charge on any atom is -0.465 e. The van der Waals surface area contributed by atoms with Gasteiger partial charge < -0.3 is 4.74 Å². The number of likely N-dealkylation sites (tertiary alicyclic amines) is 1. The van der Waals surface area contributed by atoms with Gasteiger partial charge in [-0.05, 0) is 29.7 Å². The van der Waals surface area contributed by atoms with Gasteiger partial charge in [-0.15, -0.1) is 0 Å². The van der Waals surface area contributed by atoms with Crippen molar-refractivity contribution in [3.63, 3.8) is 0 Å². The van der Waals surface area contributed by atoms with Crippen LogP contribution in [0.25, 0.3) is 0 Å². The summed E-state index contributed by atoms with van der Waals surface area (Å²) in [6.07, 6.45) is 0.241. The molecule has 1 saturated heterocycles. The molecule has 1 aliphatic rings. The zero-order valence-electron chi connectivity index (χ0n) is 17.2. The third kappa shape index (κ3) is 6.39. The maximum atomic E-state index is 13.8. The Morgan fingerprint density at radius 3 is 2.45 bits per heavy atom. The van der Waals surface area contributed by atoms with Crippen LogP contribution in [0.2, 0.25) is 0 Å². The van der Waals surface area contributed by atoms with E-state index in [1.54, 1.807) is 29.2 Å². The van der Waals surface area contributed by atoms with E-state index in [2.05, 4.69) is 4.74 Å². The van der Waals surface area contributed by atoms with Crippen LogP contribution in [-0.2, 0) is 22.5 Å². The summed E-state index contributed by atoms with van der Waals surface area (Å²) in [7, 11) is 1.30. The lowest BCUT2D eigenvalue weighted by Crippen LogP contribution is -2.33. The molecule has 168 valence electrons. The molecule has 0 bridgehead atoms. The molecule has 0 amide bonds. The Bertz CT molecular complexity index is 896. The zero-order valence-corrected chi connectivity index (χ0v) is 18.1. The third-order valence-electron chi connectivity index (χ3n) is 5.43. The summed E-state index contributed by atoms with van der Waals surface area (Å²) in [6, 6.07) is 15.7. The first-order valence-corrected chi connectivity index (χ1v) is 11.1. The molecule has 1 heterocycles. The van der Waals surface area contributed by atoms with Gasteiger partial charge >= 0.3 is 5.97 Å². The van der Waals surface area contributed by atoms with E-state index in [4.69, 9.17) is 0 Å². The number of ether oxygens (including phenoxy) is 1. The first-order valence-electron chi connectivity index (χ1n) is 9.99. The topological polar surface area (TPSA) is 70.1 Å². The number of esters is 1. The van der Waals surface area contributed by atoms with Gasteiger partial charge in [0.05, 0.1) is 19.2 Å². The van der Waals surface area contributed by atoms with Crippen molar-refractivity contribution in [2.75, 3.05) is 26.7 Å². The van der Waals surface area contributed by atoms with Crippen LogP contribution >= 0.6 is 0 Å². The predicted octanol–water partition coefficient (Wildman–Crippen LogP) is 3.88. The fourth-order valence-corrected chi connectivity index (χ4v) is 4.33. The van der Waals surface area contributed by atoms with Gasteiger partial charge in [0.1, 0.15) is 0 Å². The van der Waals surface area contributed by atoms with Crippen LogP contribution in [0, 0.1) is 0 Å². The Kier molecular flexibility index (Phi) is 7.88. The summed E-state index contributed by atoms with van der Waals surface area (Å²) >= 11 is -2.23. The molecule has 6 nitrogen and oxygen atoms in total. The number of hydrogen-bond acceptors (Lipinski definition) is 4. The van der Waals surface area contributed by atoms with Crippen molar-refractivity contribution in [2.24, 2.45) is 0 Å². The molecule has 1 N–H and O–H groups in total. The van der Waals surface area contributed by atoms with Crippen LogP contribution < -0.4 is 0 Å². The number of carbonyl (C=O) groups excluding carboxylic acids is 1. The maximum absolute atomic E-state index is 13.8. The Morgan fingerprint density at radius 1 is 1.23 bits per heavy atom. The molecule has 2 aromatic rings. The second kappa shape index (κ2) is 10.4. The monoisotopic (exact) mass is 452 g/mol. The molecule has 0 radical (unpaired) electrons. The normalized spacial score (nSPS) is 18.1. The van der Waals surface area contributed by atoms with Crippen molar-refractivity contribution in [2.45, 2.75) is 31.4 Å².